The van der Waals surface area contributed by atoms with E-state index in [-0.39, 0.29) is 12.6 Å². The van der Waals surface area contributed by atoms with Crippen molar-refractivity contribution in [2.45, 2.75) is 6.42 Å². The highest BCUT2D eigenvalue weighted by atomic mass is 16.6. The Morgan fingerprint density at radius 1 is 1.33 bits per heavy atom. The highest BCUT2D eigenvalue weighted by Crippen LogP contribution is 2.20. The molecule has 3 nitrogen and oxygen atoms in total. The molecule has 15 heavy (non-hydrogen) atoms. The van der Waals surface area contributed by atoms with Crippen LogP contribution in [0.25, 0.3) is 0 Å². The van der Waals surface area contributed by atoms with Gasteiger partial charge >= 0.3 is 5.97 Å². The molecule has 2 rings (SSSR count). The molecule has 0 radical (unpaired) electrons. The number of benzene rings is 1. The third-order valence-corrected chi connectivity index (χ3v) is 2.39. The first-order chi connectivity index (χ1) is 7.31. The predicted octanol–water partition coefficient (Wildman–Crippen LogP) is 1.69. The zero-order chi connectivity index (χ0) is 10.7. The van der Waals surface area contributed by atoms with Gasteiger partial charge in [0.05, 0.1) is 12.7 Å². The van der Waals surface area contributed by atoms with Crippen LogP contribution in [0, 0.1) is 0 Å². The lowest BCUT2D eigenvalue weighted by molar-refractivity contribution is -0.136. The fraction of sp³-hybridized carbons (Fsp3) is 0.250. The van der Waals surface area contributed by atoms with Crippen LogP contribution in [-0.2, 0) is 20.7 Å². The summed E-state index contributed by atoms with van der Waals surface area (Å²) in [5, 5.41) is 0. The maximum Gasteiger partial charge on any atom is 0.338 e. The third kappa shape index (κ3) is 2.01. The van der Waals surface area contributed by atoms with Crippen LogP contribution >= 0.6 is 0 Å². The molecule has 0 amide bonds. The second-order valence-corrected chi connectivity index (χ2v) is 3.34. The molecule has 0 unspecified atom stereocenters. The molecule has 3 heteroatoms. The number of esters is 1. The number of hydrogen-bond donors (Lipinski definition) is 0. The monoisotopic (exact) mass is 204 g/mol. The average molecular weight is 204 g/mol. The molecule has 0 atom stereocenters. The van der Waals surface area contributed by atoms with Crippen LogP contribution in [0.1, 0.15) is 5.56 Å². The summed E-state index contributed by atoms with van der Waals surface area (Å²) in [4.78, 5) is 11.4. The van der Waals surface area contributed by atoms with E-state index in [4.69, 9.17) is 9.47 Å². The van der Waals surface area contributed by atoms with Gasteiger partial charge in [0.25, 0.3) is 0 Å². The van der Waals surface area contributed by atoms with E-state index < -0.39 is 0 Å². The number of hydrogen-bond acceptors (Lipinski definition) is 3. The summed E-state index contributed by atoms with van der Waals surface area (Å²) in [6.07, 6.45) is 0.572. The molecule has 0 aromatic heterocycles. The molecular formula is C12H12O3. The minimum absolute atomic E-state index is 0.261. The smallest absolute Gasteiger partial charge is 0.338 e. The first-order valence-electron chi connectivity index (χ1n) is 4.78. The summed E-state index contributed by atoms with van der Waals surface area (Å²) >= 11 is 0. The maximum atomic E-state index is 11.4. The lowest BCUT2D eigenvalue weighted by Gasteiger charge is -2.02. The van der Waals surface area contributed by atoms with Crippen molar-refractivity contribution in [1.82, 2.24) is 0 Å². The summed E-state index contributed by atoms with van der Waals surface area (Å²) in [6, 6.07) is 9.80. The fourth-order valence-electron chi connectivity index (χ4n) is 1.57. The second kappa shape index (κ2) is 4.17. The minimum Gasteiger partial charge on any atom is -0.497 e. The SMILES string of the molecule is COC1=C(Cc2ccccc2)C(=O)OC1. The Hall–Kier alpha value is -1.77. The summed E-state index contributed by atoms with van der Waals surface area (Å²) in [7, 11) is 1.56. The van der Waals surface area contributed by atoms with E-state index >= 15 is 0 Å². The zero-order valence-corrected chi connectivity index (χ0v) is 8.53. The number of carbonyl (C=O) groups excluding carboxylic acids is 1. The van der Waals surface area contributed by atoms with Crippen molar-refractivity contribution in [3.05, 3.63) is 47.2 Å². The van der Waals surface area contributed by atoms with Gasteiger partial charge in [-0.05, 0) is 5.56 Å². The van der Waals surface area contributed by atoms with Crippen LogP contribution < -0.4 is 0 Å². The van der Waals surface area contributed by atoms with Gasteiger partial charge in [0, 0.05) is 6.42 Å². The van der Waals surface area contributed by atoms with Gasteiger partial charge in [-0.15, -0.1) is 0 Å². The molecule has 1 aliphatic heterocycles. The van der Waals surface area contributed by atoms with Crippen molar-refractivity contribution < 1.29 is 14.3 Å². The molecule has 0 bridgehead atoms. The summed E-state index contributed by atoms with van der Waals surface area (Å²) < 4.78 is 10.0. The van der Waals surface area contributed by atoms with E-state index in [1.54, 1.807) is 7.11 Å². The minimum atomic E-state index is -0.268. The Bertz CT molecular complexity index is 393. The Balaban J connectivity index is 2.21. The molecule has 1 aromatic rings. The average Bonchev–Trinajstić information content (AvgIpc) is 2.62. The Labute approximate surface area is 88.3 Å². The maximum absolute atomic E-state index is 11.4. The number of methoxy groups -OCH3 is 1. The fourth-order valence-corrected chi connectivity index (χ4v) is 1.57. The summed E-state index contributed by atoms with van der Waals surface area (Å²) in [5.41, 5.74) is 1.71. The molecule has 0 saturated heterocycles. The van der Waals surface area contributed by atoms with E-state index in [1.807, 2.05) is 30.3 Å². The third-order valence-electron chi connectivity index (χ3n) is 2.39. The van der Waals surface area contributed by atoms with Crippen molar-refractivity contribution in [1.29, 1.82) is 0 Å². The van der Waals surface area contributed by atoms with Crippen molar-refractivity contribution in [3.8, 4) is 0 Å². The van der Waals surface area contributed by atoms with E-state index in [0.717, 1.165) is 5.56 Å². The van der Waals surface area contributed by atoms with E-state index in [1.165, 1.54) is 0 Å². The number of cyclic esters (lactones) is 1. The summed E-state index contributed by atoms with van der Waals surface area (Å²) in [5.74, 6) is 0.375. The lowest BCUT2D eigenvalue weighted by atomic mass is 10.1. The van der Waals surface area contributed by atoms with Crippen molar-refractivity contribution in [3.63, 3.8) is 0 Å². The van der Waals surface area contributed by atoms with Gasteiger partial charge in [0.1, 0.15) is 12.4 Å². The predicted molar refractivity (Wildman–Crippen MR) is 55.1 cm³/mol. The molecule has 0 N–H and O–H groups in total. The zero-order valence-electron chi connectivity index (χ0n) is 8.53. The van der Waals surface area contributed by atoms with Crippen molar-refractivity contribution in [2.75, 3.05) is 13.7 Å². The molecule has 0 spiro atoms. The molecule has 0 saturated carbocycles. The molecular weight excluding hydrogens is 192 g/mol. The van der Waals surface area contributed by atoms with Crippen LogP contribution in [0.4, 0.5) is 0 Å². The van der Waals surface area contributed by atoms with Crippen LogP contribution in [0.15, 0.2) is 41.7 Å². The Morgan fingerprint density at radius 3 is 2.73 bits per heavy atom. The standard InChI is InChI=1S/C12H12O3/c1-14-11-8-15-12(13)10(11)7-9-5-3-2-4-6-9/h2-6H,7-8H2,1H3. The molecule has 0 aliphatic carbocycles. The molecule has 1 aromatic carbocycles. The van der Waals surface area contributed by atoms with Gasteiger partial charge < -0.3 is 9.47 Å². The van der Waals surface area contributed by atoms with Crippen LogP contribution in [0.2, 0.25) is 0 Å². The van der Waals surface area contributed by atoms with Crippen molar-refractivity contribution in [2.24, 2.45) is 0 Å². The van der Waals surface area contributed by atoms with Gasteiger partial charge in [-0.25, -0.2) is 4.79 Å². The highest BCUT2D eigenvalue weighted by Gasteiger charge is 2.25. The van der Waals surface area contributed by atoms with Crippen LogP contribution in [-0.4, -0.2) is 19.7 Å². The van der Waals surface area contributed by atoms with Gasteiger partial charge in [-0.3, -0.25) is 0 Å². The Kier molecular flexibility index (Phi) is 2.72. The van der Waals surface area contributed by atoms with Gasteiger partial charge in [0.15, 0.2) is 0 Å². The lowest BCUT2D eigenvalue weighted by Crippen LogP contribution is -2.02. The van der Waals surface area contributed by atoms with Crippen molar-refractivity contribution >= 4 is 5.97 Å². The van der Waals surface area contributed by atoms with E-state index in [2.05, 4.69) is 0 Å². The highest BCUT2D eigenvalue weighted by molar-refractivity contribution is 5.91. The Morgan fingerprint density at radius 2 is 2.07 bits per heavy atom. The van der Waals surface area contributed by atoms with Crippen LogP contribution in [0.5, 0.6) is 0 Å². The van der Waals surface area contributed by atoms with Gasteiger partial charge in [-0.2, -0.15) is 0 Å². The normalized spacial score (nSPS) is 15.4. The van der Waals surface area contributed by atoms with Gasteiger partial charge in [0.2, 0.25) is 0 Å². The molecule has 0 fully saturated rings. The molecule has 1 heterocycles. The topological polar surface area (TPSA) is 35.5 Å². The molecule has 78 valence electrons. The number of rotatable bonds is 3. The first-order valence-corrected chi connectivity index (χ1v) is 4.78. The number of carbonyl (C=O) groups is 1. The molecule has 1 aliphatic rings. The quantitative estimate of drug-likeness (QED) is 0.703. The first kappa shape index (κ1) is 9.77. The largest absolute Gasteiger partial charge is 0.497 e. The second-order valence-electron chi connectivity index (χ2n) is 3.34. The number of ether oxygens (including phenoxy) is 2. The van der Waals surface area contributed by atoms with E-state index in [9.17, 15) is 4.79 Å². The summed E-state index contributed by atoms with van der Waals surface area (Å²) in [6.45, 7) is 0.261. The van der Waals surface area contributed by atoms with Gasteiger partial charge in [-0.1, -0.05) is 30.3 Å². The van der Waals surface area contributed by atoms with Crippen LogP contribution in [0.3, 0.4) is 0 Å². The van der Waals surface area contributed by atoms with E-state index in [0.29, 0.717) is 17.8 Å².